The Labute approximate surface area is 875 Å². The lowest BCUT2D eigenvalue weighted by Gasteiger charge is -2.31. The molecule has 2 aromatic heterocycles. The van der Waals surface area contributed by atoms with Crippen molar-refractivity contribution in [2.45, 2.75) is 116 Å². The number of esters is 1. The zero-order valence-corrected chi connectivity index (χ0v) is 88.5. The molecule has 150 heavy (non-hydrogen) atoms. The lowest BCUT2D eigenvalue weighted by atomic mass is 9.81. The van der Waals surface area contributed by atoms with Gasteiger partial charge in [0.15, 0.2) is 5.60 Å². The fraction of sp³-hybridized carbons (Fsp3) is 0.710. The van der Waals surface area contributed by atoms with Crippen LogP contribution in [0.4, 0.5) is 19.7 Å². The summed E-state index contributed by atoms with van der Waals surface area (Å²) in [4.78, 5) is 125. The minimum atomic E-state index is -5.13. The lowest BCUT2D eigenvalue weighted by molar-refractivity contribution is -0.172. The molecule has 0 fully saturated rings. The predicted molar refractivity (Wildman–Crippen MR) is 538 cm³/mol. The summed E-state index contributed by atoms with van der Waals surface area (Å²) in [5.41, 5.74) is 6.21. The average molecular weight is 2160 g/mol. The number of carbonyl (C=O) groups is 7. The second kappa shape index (κ2) is 77.7. The van der Waals surface area contributed by atoms with Gasteiger partial charge in [0.2, 0.25) is 23.6 Å². The molecule has 9 N–H and O–H groups in total. The van der Waals surface area contributed by atoms with Crippen molar-refractivity contribution in [1.29, 1.82) is 0 Å². The van der Waals surface area contributed by atoms with E-state index in [1.54, 1.807) is 34.8 Å². The maximum Gasteiger partial charge on any atom is 0.473 e. The number of nitrogens with zero attached hydrogens (tertiary/aromatic N) is 3. The van der Waals surface area contributed by atoms with Crippen LogP contribution in [0.25, 0.3) is 22.3 Å². The normalized spacial score (nSPS) is 14.9. The number of nitrogens with two attached hydrogens (primary N) is 1. The number of hydrogen-bond acceptors (Lipinski definition) is 39. The van der Waals surface area contributed by atoms with Gasteiger partial charge < -0.3 is 175 Å². The Hall–Kier alpha value is -8.53. The number of benzene rings is 2. The first-order valence-corrected chi connectivity index (χ1v) is 52.4. The van der Waals surface area contributed by atoms with Crippen molar-refractivity contribution in [3.8, 4) is 11.4 Å². The molecule has 7 rings (SSSR count). The van der Waals surface area contributed by atoms with Gasteiger partial charge in [0.1, 0.15) is 37.7 Å². The molecule has 850 valence electrons. The number of primary amides is 1. The summed E-state index contributed by atoms with van der Waals surface area (Å²) in [6, 6.07) is 3.07. The van der Waals surface area contributed by atoms with E-state index in [1.807, 2.05) is 0 Å². The molecule has 7 amide bonds. The number of alkyl carbamates (subject to hydrolysis) is 1. The minimum absolute atomic E-state index is 0.000790. The number of phosphoric acid groups is 1. The summed E-state index contributed by atoms with van der Waals surface area (Å²) in [6.07, 6.45) is 0.868. The number of pyridine rings is 2. The largest absolute Gasteiger partial charge is 0.473 e. The molecule has 0 spiro atoms. The van der Waals surface area contributed by atoms with Crippen LogP contribution in [0.2, 0.25) is 0 Å². The first kappa shape index (κ1) is 128. The molecule has 4 aromatic rings. The van der Waals surface area contributed by atoms with Gasteiger partial charge in [0, 0.05) is 55.5 Å². The number of aryl methyl sites for hydroxylation is 1. The van der Waals surface area contributed by atoms with Crippen LogP contribution in [0.1, 0.15) is 103 Å². The molecule has 3 aliphatic rings. The number of fused-ring (bicyclic) bond motifs is 5. The van der Waals surface area contributed by atoms with Crippen molar-refractivity contribution >= 4 is 66.1 Å². The number of ether oxygens (including phenoxy) is 26. The van der Waals surface area contributed by atoms with E-state index in [1.165, 1.54) is 52.9 Å². The summed E-state index contributed by atoms with van der Waals surface area (Å²) in [5, 5.41) is 25.4. The Morgan fingerprint density at radius 2 is 1.01 bits per heavy atom. The van der Waals surface area contributed by atoms with Gasteiger partial charge in [0.25, 0.3) is 5.56 Å². The van der Waals surface area contributed by atoms with Crippen LogP contribution >= 0.6 is 7.82 Å². The average Bonchev–Trinajstić information content (AvgIpc) is 1.56. The van der Waals surface area contributed by atoms with Crippen molar-refractivity contribution in [3.63, 3.8) is 0 Å². The highest BCUT2D eigenvalue weighted by atomic mass is 31.2. The minimum Gasteiger partial charge on any atom is -0.458 e. The number of aliphatic hydroxyl groups is 1. The molecule has 0 bridgehead atoms. The maximum absolute atomic E-state index is 15.7. The third-order valence-electron chi connectivity index (χ3n) is 23.0. The summed E-state index contributed by atoms with van der Waals surface area (Å²) in [6.45, 7) is 27.7. The molecule has 0 saturated carbocycles. The second-order valence-corrected chi connectivity index (χ2v) is 35.7. The first-order valence-electron chi connectivity index (χ1n) is 51.0. The number of halogens is 1. The predicted octanol–water partition coefficient (Wildman–Crippen LogP) is 4.15. The molecule has 1 unspecified atom stereocenters. The number of amides is 7. The molecular weight excluding hydrogens is 2000 g/mol. The molecule has 2 aliphatic heterocycles. The monoisotopic (exact) mass is 2160 g/mol. The number of rotatable bonds is 94. The standard InChI is InChI=1S/C100H159FN9O39P/c1-8-18-146-99(118)108-92(74(3)4)95(114)107-85(11-10-17-103-98(102)117)94(113)104-78-13-12-76(71-148-150(120,121)149-73-88(111)105-84-15-14-79-75(5)83(101)68-86-90(79)91(84)80-70-110-87(93(80)106-86)67-82-81(96(110)115)72-147-97(116)100(82,119)9-2)77(66-78)69-109(6)89(112)16-19-123-22-23-125-26-27-127-30-31-129-34-35-131-38-39-133-42-43-135-46-47-137-50-51-139-54-55-141-58-59-143-62-63-145-65-64-144-61-60-142-57-56-140-53-52-138-49-48-136-45-44-134-41-40-132-37-36-130-33-32-128-29-28-126-25-24-124-21-20-122-7/h8,12-13,66-68,74,84-85,92,119H,1,9-11,14-65,69-73H2,2-7H3,(H,104,113)(H,105,111)(H,107,114)(H,108,118)(H,120,121)(H3,102,103,117)/t84-,85-,92-,100-/m0/s1. The van der Waals surface area contributed by atoms with Crippen molar-refractivity contribution < 1.29 is 185 Å². The zero-order valence-electron chi connectivity index (χ0n) is 87.7. The van der Waals surface area contributed by atoms with Crippen molar-refractivity contribution in [2.24, 2.45) is 11.7 Å². The van der Waals surface area contributed by atoms with E-state index in [2.05, 4.69) is 33.2 Å². The van der Waals surface area contributed by atoms with Crippen LogP contribution in [-0.4, -0.2) is 423 Å². The molecule has 0 saturated heterocycles. The number of aromatic nitrogens is 2. The topological polar surface area (TPSA) is 560 Å². The van der Waals surface area contributed by atoms with Gasteiger partial charge in [-0.1, -0.05) is 39.5 Å². The fourth-order valence-electron chi connectivity index (χ4n) is 15.1. The van der Waals surface area contributed by atoms with E-state index in [4.69, 9.17) is 143 Å². The quantitative estimate of drug-likeness (QED) is 0.0117. The Bertz CT molecular complexity index is 4650. The molecule has 4 heterocycles. The number of carbonyl (C=O) groups excluding carboxylic acids is 7. The molecular formula is C100H159FN9O39P. The number of anilines is 1. The second-order valence-electron chi connectivity index (χ2n) is 34.3. The number of cyclic esters (lactones) is 1. The van der Waals surface area contributed by atoms with E-state index in [0.29, 0.717) is 317 Å². The van der Waals surface area contributed by atoms with Crippen molar-refractivity contribution in [2.75, 3.05) is 350 Å². The Morgan fingerprint density at radius 3 is 1.42 bits per heavy atom. The van der Waals surface area contributed by atoms with E-state index < -0.39 is 104 Å². The fourth-order valence-corrected chi connectivity index (χ4v) is 15.8. The van der Waals surface area contributed by atoms with Crippen molar-refractivity contribution in [3.05, 3.63) is 104 Å². The van der Waals surface area contributed by atoms with E-state index in [0.717, 1.165) is 0 Å². The molecule has 0 radical (unpaired) electrons. The van der Waals surface area contributed by atoms with E-state index in [-0.39, 0.29) is 137 Å². The number of nitrogens with one attached hydrogen (secondary N) is 5. The third-order valence-corrected chi connectivity index (χ3v) is 23.9. The van der Waals surface area contributed by atoms with Gasteiger partial charge in [-0.05, 0) is 91.0 Å². The van der Waals surface area contributed by atoms with Gasteiger partial charge in [-0.15, -0.1) is 0 Å². The van der Waals surface area contributed by atoms with Gasteiger partial charge >= 0.3 is 25.9 Å². The smallest absolute Gasteiger partial charge is 0.458 e. The highest BCUT2D eigenvalue weighted by molar-refractivity contribution is 7.47. The highest BCUT2D eigenvalue weighted by Gasteiger charge is 2.46. The van der Waals surface area contributed by atoms with Crippen molar-refractivity contribution in [1.82, 2.24) is 35.7 Å². The molecule has 48 nitrogen and oxygen atoms in total. The molecule has 1 aliphatic carbocycles. The van der Waals surface area contributed by atoms with Gasteiger partial charge in [-0.3, -0.25) is 33.0 Å². The van der Waals surface area contributed by atoms with Crippen LogP contribution in [-0.2, 0) is 199 Å². The van der Waals surface area contributed by atoms with Crippen LogP contribution in [0.15, 0.2) is 47.8 Å². The molecule has 2 aromatic carbocycles. The number of urea groups is 1. The van der Waals surface area contributed by atoms with E-state index in [9.17, 15) is 52.9 Å². The Kier molecular flexibility index (Phi) is 66.5. The Balaban J connectivity index is 0.660. The summed E-state index contributed by atoms with van der Waals surface area (Å²) < 4.78 is 184. The lowest BCUT2D eigenvalue weighted by Crippen LogP contribution is -2.54. The molecule has 50 heteroatoms. The van der Waals surface area contributed by atoms with Crippen LogP contribution < -0.4 is 37.9 Å². The molecule has 5 atom stereocenters. The summed E-state index contributed by atoms with van der Waals surface area (Å²) in [5.74, 6) is -4.64. The Morgan fingerprint density at radius 1 is 0.587 bits per heavy atom. The van der Waals surface area contributed by atoms with Gasteiger partial charge in [0.05, 0.1) is 359 Å². The van der Waals surface area contributed by atoms with Crippen LogP contribution in [0, 0.1) is 18.7 Å². The maximum atomic E-state index is 15.7. The highest BCUT2D eigenvalue weighted by Crippen LogP contribution is 2.48. The van der Waals surface area contributed by atoms with Gasteiger partial charge in [-0.2, -0.15) is 0 Å². The van der Waals surface area contributed by atoms with Gasteiger partial charge in [-0.25, -0.2) is 28.3 Å². The number of hydrogen-bond donors (Lipinski definition) is 8. The number of phosphoric ester groups is 1. The first-order chi connectivity index (χ1) is 72.9. The van der Waals surface area contributed by atoms with Crippen LogP contribution in [0.3, 0.4) is 0 Å². The summed E-state index contributed by atoms with van der Waals surface area (Å²) in [7, 11) is -2.00. The third kappa shape index (κ3) is 50.8. The van der Waals surface area contributed by atoms with E-state index >= 15 is 4.39 Å². The zero-order chi connectivity index (χ0) is 108. The SMILES string of the molecule is C=CCOC(=O)N[C@H](C(=O)N[C@@H](CCCNC(N)=O)C(=O)Nc1ccc(COP(=O)(O)OCC(=O)N[C@H]2CCc3c(C)c(F)cc4nc5c(c2c34)Cn2c-5cc3c(c2=O)COC(=O)[C@]3(O)CC)c(CN(C)C(=O)CCOCCOCCOCCOCCOCCOCCOCCOCCOCCOCCOCCOCCOCCOCCOCCOCCOCCOCCOCCOCCOCCOCCOCCOC)c1)C(C)C. The summed E-state index contributed by atoms with van der Waals surface area (Å²) >= 11 is 0. The van der Waals surface area contributed by atoms with Crippen LogP contribution in [0.5, 0.6) is 0 Å². The number of methoxy groups -OCH3 is 1.